The van der Waals surface area contributed by atoms with Crippen molar-refractivity contribution in [2.45, 2.75) is 25.7 Å². The van der Waals surface area contributed by atoms with Crippen LogP contribution in [0.5, 0.6) is 0 Å². The maximum absolute atomic E-state index is 11.4. The van der Waals surface area contributed by atoms with E-state index in [0.717, 1.165) is 19.3 Å². The summed E-state index contributed by atoms with van der Waals surface area (Å²) in [5.74, 6) is 2.48. The van der Waals surface area contributed by atoms with Crippen molar-refractivity contribution < 1.29 is 9.53 Å². The van der Waals surface area contributed by atoms with Gasteiger partial charge >= 0.3 is 5.97 Å². The third-order valence-corrected chi connectivity index (χ3v) is 2.65. The number of rotatable bonds is 3. The monoisotopic (exact) mass is 192 g/mol. The van der Waals surface area contributed by atoms with Crippen LogP contribution in [0.25, 0.3) is 0 Å². The normalized spacial score (nSPS) is 22.4. The van der Waals surface area contributed by atoms with Gasteiger partial charge in [-0.1, -0.05) is 12.2 Å². The maximum atomic E-state index is 11.4. The van der Waals surface area contributed by atoms with E-state index in [1.807, 2.05) is 0 Å². The molecule has 0 spiro atoms. The molecule has 76 valence electrons. The van der Waals surface area contributed by atoms with Crippen LogP contribution in [0.3, 0.4) is 0 Å². The molecule has 1 aliphatic rings. The predicted octanol–water partition coefficient (Wildman–Crippen LogP) is 2.16. The quantitative estimate of drug-likeness (QED) is 0.389. The molecule has 0 heterocycles. The van der Waals surface area contributed by atoms with Crippen molar-refractivity contribution in [3.8, 4) is 12.3 Å². The number of carbonyl (C=O) groups excluding carboxylic acids is 1. The van der Waals surface area contributed by atoms with E-state index >= 15 is 0 Å². The third-order valence-electron chi connectivity index (χ3n) is 2.65. The van der Waals surface area contributed by atoms with Crippen LogP contribution in [0.1, 0.15) is 25.7 Å². The van der Waals surface area contributed by atoms with E-state index in [-0.39, 0.29) is 17.8 Å². The molecule has 0 aromatic carbocycles. The molecule has 2 unspecified atom stereocenters. The molecule has 0 radical (unpaired) electrons. The molecule has 0 aromatic heterocycles. The highest BCUT2D eigenvalue weighted by Gasteiger charge is 2.27. The Morgan fingerprint density at radius 1 is 1.79 bits per heavy atom. The molecule has 0 N–H and O–H groups in total. The summed E-state index contributed by atoms with van der Waals surface area (Å²) in [5, 5.41) is 0. The van der Waals surface area contributed by atoms with E-state index in [0.29, 0.717) is 6.42 Å². The van der Waals surface area contributed by atoms with E-state index < -0.39 is 0 Å². The van der Waals surface area contributed by atoms with E-state index in [9.17, 15) is 4.79 Å². The highest BCUT2D eigenvalue weighted by molar-refractivity contribution is 5.73. The maximum Gasteiger partial charge on any atom is 0.310 e. The van der Waals surface area contributed by atoms with E-state index in [1.165, 1.54) is 7.11 Å². The third kappa shape index (κ3) is 2.63. The number of ether oxygens (including phenoxy) is 1. The fourth-order valence-corrected chi connectivity index (χ4v) is 1.86. The Bertz CT molecular complexity index is 260. The van der Waals surface area contributed by atoms with Gasteiger partial charge in [0.15, 0.2) is 0 Å². The van der Waals surface area contributed by atoms with E-state index in [1.54, 1.807) is 0 Å². The predicted molar refractivity (Wildman–Crippen MR) is 55.4 cm³/mol. The molecule has 2 heteroatoms. The second-order valence-electron chi connectivity index (χ2n) is 3.56. The molecule has 0 aliphatic heterocycles. The van der Waals surface area contributed by atoms with Crippen molar-refractivity contribution in [2.24, 2.45) is 11.8 Å². The first-order valence-corrected chi connectivity index (χ1v) is 4.97. The fourth-order valence-electron chi connectivity index (χ4n) is 1.86. The molecule has 1 aliphatic carbocycles. The minimum atomic E-state index is -0.181. The Hall–Kier alpha value is -1.23. The molecule has 2 nitrogen and oxygen atoms in total. The van der Waals surface area contributed by atoms with Crippen LogP contribution in [-0.4, -0.2) is 13.1 Å². The fraction of sp³-hybridized carbons (Fsp3) is 0.583. The molecular weight excluding hydrogens is 176 g/mol. The van der Waals surface area contributed by atoms with Gasteiger partial charge in [0.25, 0.3) is 0 Å². The van der Waals surface area contributed by atoms with Gasteiger partial charge in [0, 0.05) is 6.42 Å². The van der Waals surface area contributed by atoms with Crippen LogP contribution in [0.2, 0.25) is 0 Å². The number of hydrogen-bond donors (Lipinski definition) is 0. The van der Waals surface area contributed by atoms with E-state index in [4.69, 9.17) is 11.2 Å². The van der Waals surface area contributed by atoms with Crippen molar-refractivity contribution in [1.29, 1.82) is 0 Å². The van der Waals surface area contributed by atoms with Gasteiger partial charge in [-0.2, -0.15) is 0 Å². The van der Waals surface area contributed by atoms with Gasteiger partial charge < -0.3 is 4.74 Å². The van der Waals surface area contributed by atoms with Gasteiger partial charge in [0.2, 0.25) is 0 Å². The lowest BCUT2D eigenvalue weighted by Gasteiger charge is -2.23. The Balaban J connectivity index is 2.66. The lowest BCUT2D eigenvalue weighted by Crippen LogP contribution is -2.24. The van der Waals surface area contributed by atoms with Crippen molar-refractivity contribution in [3.05, 3.63) is 12.2 Å². The molecule has 14 heavy (non-hydrogen) atoms. The summed E-state index contributed by atoms with van der Waals surface area (Å²) in [6.07, 6.45) is 13.2. The number of methoxy groups -OCH3 is 1. The van der Waals surface area contributed by atoms with Gasteiger partial charge in [0.1, 0.15) is 0 Å². The van der Waals surface area contributed by atoms with Crippen LogP contribution in [-0.2, 0) is 9.53 Å². The largest absolute Gasteiger partial charge is 0.469 e. The molecule has 0 amide bonds. The zero-order valence-electron chi connectivity index (χ0n) is 8.53. The standard InChI is InChI=1S/C12H16O2/c1-3-7-11(12(13)14-2)10-8-5-4-6-9-10/h1,5,8,10-11H,4,6-7,9H2,2H3. The molecule has 2 atom stereocenters. The van der Waals surface area contributed by atoms with E-state index in [2.05, 4.69) is 18.1 Å². The van der Waals surface area contributed by atoms with Crippen LogP contribution < -0.4 is 0 Å². The number of esters is 1. The lowest BCUT2D eigenvalue weighted by molar-refractivity contribution is -0.146. The second-order valence-corrected chi connectivity index (χ2v) is 3.56. The Kier molecular flexibility index (Phi) is 4.25. The molecule has 0 aromatic rings. The first kappa shape index (κ1) is 10.8. The van der Waals surface area contributed by atoms with Gasteiger partial charge in [0.05, 0.1) is 13.0 Å². The zero-order chi connectivity index (χ0) is 10.4. The number of carbonyl (C=O) groups is 1. The van der Waals surface area contributed by atoms with Crippen molar-refractivity contribution in [1.82, 2.24) is 0 Å². The summed E-state index contributed by atoms with van der Waals surface area (Å²) < 4.78 is 4.75. The minimum Gasteiger partial charge on any atom is -0.469 e. The number of terminal acetylenes is 1. The summed E-state index contributed by atoms with van der Waals surface area (Å²) in [4.78, 5) is 11.4. The van der Waals surface area contributed by atoms with Crippen LogP contribution in [0.4, 0.5) is 0 Å². The molecule has 0 saturated heterocycles. The lowest BCUT2D eigenvalue weighted by atomic mass is 9.83. The highest BCUT2D eigenvalue weighted by Crippen LogP contribution is 2.27. The average Bonchev–Trinajstić information content (AvgIpc) is 2.26. The summed E-state index contributed by atoms with van der Waals surface area (Å²) in [6, 6.07) is 0. The topological polar surface area (TPSA) is 26.3 Å². The highest BCUT2D eigenvalue weighted by atomic mass is 16.5. The summed E-state index contributed by atoms with van der Waals surface area (Å²) in [5.41, 5.74) is 0. The van der Waals surface area contributed by atoms with Crippen molar-refractivity contribution in [2.75, 3.05) is 7.11 Å². The molecular formula is C12H16O2. The van der Waals surface area contributed by atoms with Gasteiger partial charge in [-0.15, -0.1) is 12.3 Å². The molecule has 0 bridgehead atoms. The van der Waals surface area contributed by atoms with Gasteiger partial charge in [-0.3, -0.25) is 4.79 Å². The SMILES string of the molecule is C#CCC(C(=O)OC)C1C=CCCC1. The first-order valence-electron chi connectivity index (χ1n) is 4.97. The molecule has 0 fully saturated rings. The molecule has 0 saturated carbocycles. The smallest absolute Gasteiger partial charge is 0.310 e. The van der Waals surface area contributed by atoms with Crippen LogP contribution >= 0.6 is 0 Å². The average molecular weight is 192 g/mol. The Morgan fingerprint density at radius 3 is 3.07 bits per heavy atom. The Morgan fingerprint density at radius 2 is 2.57 bits per heavy atom. The van der Waals surface area contributed by atoms with Crippen molar-refractivity contribution in [3.63, 3.8) is 0 Å². The zero-order valence-corrected chi connectivity index (χ0v) is 8.53. The van der Waals surface area contributed by atoms with Gasteiger partial charge in [-0.25, -0.2) is 0 Å². The summed E-state index contributed by atoms with van der Waals surface area (Å²) >= 11 is 0. The second kappa shape index (κ2) is 5.49. The van der Waals surface area contributed by atoms with Crippen LogP contribution in [0.15, 0.2) is 12.2 Å². The summed E-state index contributed by atoms with van der Waals surface area (Å²) in [6.45, 7) is 0. The van der Waals surface area contributed by atoms with Crippen molar-refractivity contribution >= 4 is 5.97 Å². The molecule has 1 rings (SSSR count). The first-order chi connectivity index (χ1) is 6.79. The Labute approximate surface area is 85.3 Å². The number of allylic oxidation sites excluding steroid dienone is 2. The van der Waals surface area contributed by atoms with Crippen LogP contribution in [0, 0.1) is 24.2 Å². The minimum absolute atomic E-state index is 0.151. The summed E-state index contributed by atoms with van der Waals surface area (Å²) in [7, 11) is 1.42. The van der Waals surface area contributed by atoms with Gasteiger partial charge in [-0.05, 0) is 25.2 Å². The number of hydrogen-bond acceptors (Lipinski definition) is 2.